The van der Waals surface area contributed by atoms with Crippen LogP contribution in [0.3, 0.4) is 0 Å². The number of hydrogen-bond donors (Lipinski definition) is 1. The van der Waals surface area contributed by atoms with Gasteiger partial charge in [0.1, 0.15) is 6.33 Å². The van der Waals surface area contributed by atoms with Crippen LogP contribution < -0.4 is 5.32 Å². The zero-order chi connectivity index (χ0) is 14.8. The van der Waals surface area contributed by atoms with E-state index in [1.54, 1.807) is 0 Å². The van der Waals surface area contributed by atoms with E-state index in [9.17, 15) is 10.1 Å². The summed E-state index contributed by atoms with van der Waals surface area (Å²) < 4.78 is 0. The Labute approximate surface area is 130 Å². The van der Waals surface area contributed by atoms with Crippen LogP contribution in [0.2, 0.25) is 5.15 Å². The Hall–Kier alpha value is -2.17. The lowest BCUT2D eigenvalue weighted by molar-refractivity contribution is -0.384. The van der Waals surface area contributed by atoms with E-state index < -0.39 is 10.6 Å². The van der Waals surface area contributed by atoms with E-state index >= 15 is 0 Å². The number of anilines is 2. The quantitative estimate of drug-likeness (QED) is 0.440. The summed E-state index contributed by atoms with van der Waals surface area (Å²) in [5.74, 6) is -0.0196. The van der Waals surface area contributed by atoms with Gasteiger partial charge in [-0.25, -0.2) is 9.97 Å². The van der Waals surface area contributed by atoms with Crippen LogP contribution in [0.15, 0.2) is 23.8 Å². The smallest absolute Gasteiger partial charge is 0.309 e. The molecule has 0 radical (unpaired) electrons. The fourth-order valence-electron chi connectivity index (χ4n) is 1.49. The fraction of sp³-hybridized carbons (Fsp3) is 0. The van der Waals surface area contributed by atoms with Crippen molar-refractivity contribution in [3.05, 3.63) is 39.1 Å². The summed E-state index contributed by atoms with van der Waals surface area (Å²) in [5.41, 5.74) is -0.396. The molecular weight excluding hydrogens is 336 g/mol. The topological polar surface area (TPSA) is 107 Å². The van der Waals surface area contributed by atoms with Crippen molar-refractivity contribution >= 4 is 50.9 Å². The maximum atomic E-state index is 11.0. The Balaban J connectivity index is 1.91. The lowest BCUT2D eigenvalue weighted by atomic mass is 10.5. The molecule has 0 amide bonds. The molecule has 1 N–H and O–H groups in total. The molecule has 11 heteroatoms. The molecule has 0 aromatic carbocycles. The molecule has 3 heterocycles. The van der Waals surface area contributed by atoms with Gasteiger partial charge in [0.25, 0.3) is 0 Å². The highest BCUT2D eigenvalue weighted by Gasteiger charge is 2.22. The fourth-order valence-corrected chi connectivity index (χ4v) is 3.22. The number of nitrogens with one attached hydrogen (secondary N) is 1. The maximum absolute atomic E-state index is 11.0. The minimum absolute atomic E-state index is 0.0196. The summed E-state index contributed by atoms with van der Waals surface area (Å²) in [4.78, 5) is 18.7. The highest BCUT2D eigenvalue weighted by Crippen LogP contribution is 2.34. The molecule has 3 rings (SSSR count). The molecule has 0 aliphatic rings. The van der Waals surface area contributed by atoms with Gasteiger partial charge in [-0.3, -0.25) is 10.1 Å². The molecule has 0 aliphatic carbocycles. The molecule has 3 aromatic rings. The van der Waals surface area contributed by atoms with Crippen LogP contribution in [0.1, 0.15) is 0 Å². The summed E-state index contributed by atoms with van der Waals surface area (Å²) in [6.07, 6.45) is 1.14. The van der Waals surface area contributed by atoms with Gasteiger partial charge in [-0.05, 0) is 11.4 Å². The summed E-state index contributed by atoms with van der Waals surface area (Å²) >= 11 is 8.51. The second-order valence-corrected chi connectivity index (χ2v) is 5.92. The number of aromatic nitrogens is 4. The van der Waals surface area contributed by atoms with Crippen molar-refractivity contribution in [3.8, 4) is 9.88 Å². The van der Waals surface area contributed by atoms with Gasteiger partial charge >= 0.3 is 5.69 Å². The Kier molecular flexibility index (Phi) is 3.73. The molecule has 0 unspecified atom stereocenters. The van der Waals surface area contributed by atoms with E-state index in [4.69, 9.17) is 11.6 Å². The molecule has 0 spiro atoms. The third kappa shape index (κ3) is 2.82. The SMILES string of the molecule is O=[N+]([O-])c1c(Cl)ncnc1Nc1nnc(-c2cccs2)s1. The Morgan fingerprint density at radius 2 is 2.19 bits per heavy atom. The number of rotatable bonds is 4. The van der Waals surface area contributed by atoms with Gasteiger partial charge in [-0.15, -0.1) is 21.5 Å². The zero-order valence-electron chi connectivity index (χ0n) is 10.1. The lowest BCUT2D eigenvalue weighted by Gasteiger charge is -2.02. The molecular formula is C10H5ClN6O2S2. The Morgan fingerprint density at radius 1 is 1.33 bits per heavy atom. The molecule has 8 nitrogen and oxygen atoms in total. The molecule has 0 saturated carbocycles. The average Bonchev–Trinajstić information content (AvgIpc) is 3.08. The van der Waals surface area contributed by atoms with Gasteiger partial charge in [0, 0.05) is 0 Å². The van der Waals surface area contributed by atoms with Crippen molar-refractivity contribution in [1.29, 1.82) is 0 Å². The number of nitro groups is 1. The van der Waals surface area contributed by atoms with Crippen molar-refractivity contribution in [2.45, 2.75) is 0 Å². The normalized spacial score (nSPS) is 10.5. The third-order valence-corrected chi connectivity index (χ3v) is 4.50. The van der Waals surface area contributed by atoms with E-state index in [1.807, 2.05) is 17.5 Å². The van der Waals surface area contributed by atoms with Gasteiger partial charge in [-0.2, -0.15) is 0 Å². The van der Waals surface area contributed by atoms with Crippen LogP contribution in [0.5, 0.6) is 0 Å². The Bertz CT molecular complexity index is 791. The second kappa shape index (κ2) is 5.68. The molecule has 106 valence electrons. The average molecular weight is 341 g/mol. The van der Waals surface area contributed by atoms with Gasteiger partial charge in [0.05, 0.1) is 9.80 Å². The van der Waals surface area contributed by atoms with Gasteiger partial charge in [0.2, 0.25) is 16.1 Å². The molecule has 21 heavy (non-hydrogen) atoms. The molecule has 0 bridgehead atoms. The van der Waals surface area contributed by atoms with Crippen molar-refractivity contribution in [3.63, 3.8) is 0 Å². The van der Waals surface area contributed by atoms with Crippen LogP contribution in [-0.2, 0) is 0 Å². The predicted octanol–water partition coefficient (Wildman–Crippen LogP) is 3.36. The third-order valence-electron chi connectivity index (χ3n) is 2.34. The number of halogens is 1. The Morgan fingerprint density at radius 3 is 2.90 bits per heavy atom. The first-order valence-electron chi connectivity index (χ1n) is 5.44. The van der Waals surface area contributed by atoms with Crippen LogP contribution >= 0.6 is 34.3 Å². The highest BCUT2D eigenvalue weighted by molar-refractivity contribution is 7.22. The molecule has 0 saturated heterocycles. The van der Waals surface area contributed by atoms with Gasteiger partial charge in [0.15, 0.2) is 5.01 Å². The summed E-state index contributed by atoms with van der Waals surface area (Å²) in [6, 6.07) is 3.82. The highest BCUT2D eigenvalue weighted by atomic mass is 35.5. The molecule has 3 aromatic heterocycles. The number of thiophene rings is 1. The van der Waals surface area contributed by atoms with E-state index in [1.165, 1.54) is 22.7 Å². The predicted molar refractivity (Wildman–Crippen MR) is 80.2 cm³/mol. The summed E-state index contributed by atoms with van der Waals surface area (Å²) in [7, 11) is 0. The summed E-state index contributed by atoms with van der Waals surface area (Å²) in [5, 5.41) is 24.5. The van der Waals surface area contributed by atoms with E-state index in [2.05, 4.69) is 25.5 Å². The first-order valence-corrected chi connectivity index (χ1v) is 7.52. The molecule has 0 atom stereocenters. The first kappa shape index (κ1) is 13.8. The van der Waals surface area contributed by atoms with Gasteiger partial charge in [-0.1, -0.05) is 29.0 Å². The van der Waals surface area contributed by atoms with Crippen molar-refractivity contribution in [2.24, 2.45) is 0 Å². The van der Waals surface area contributed by atoms with Crippen LogP contribution in [-0.4, -0.2) is 25.1 Å². The monoisotopic (exact) mass is 340 g/mol. The van der Waals surface area contributed by atoms with Crippen LogP contribution in [0.4, 0.5) is 16.6 Å². The zero-order valence-corrected chi connectivity index (χ0v) is 12.4. The summed E-state index contributed by atoms with van der Waals surface area (Å²) in [6.45, 7) is 0. The van der Waals surface area contributed by atoms with Crippen molar-refractivity contribution in [1.82, 2.24) is 20.2 Å². The van der Waals surface area contributed by atoms with Crippen molar-refractivity contribution in [2.75, 3.05) is 5.32 Å². The van der Waals surface area contributed by atoms with E-state index in [-0.39, 0.29) is 11.0 Å². The maximum Gasteiger partial charge on any atom is 0.348 e. The molecule has 0 fully saturated rings. The van der Waals surface area contributed by atoms with Crippen molar-refractivity contribution < 1.29 is 4.92 Å². The van der Waals surface area contributed by atoms with Gasteiger partial charge < -0.3 is 5.32 Å². The van der Waals surface area contributed by atoms with Crippen LogP contribution in [0, 0.1) is 10.1 Å². The second-order valence-electron chi connectivity index (χ2n) is 3.63. The lowest BCUT2D eigenvalue weighted by Crippen LogP contribution is -2.01. The minimum Gasteiger partial charge on any atom is -0.309 e. The minimum atomic E-state index is -0.647. The molecule has 0 aliphatic heterocycles. The van der Waals surface area contributed by atoms with E-state index in [0.717, 1.165) is 16.2 Å². The number of nitrogens with zero attached hydrogens (tertiary/aromatic N) is 5. The number of hydrogen-bond acceptors (Lipinski definition) is 9. The van der Waals surface area contributed by atoms with Crippen LogP contribution in [0.25, 0.3) is 9.88 Å². The largest absolute Gasteiger partial charge is 0.348 e. The van der Waals surface area contributed by atoms with E-state index in [0.29, 0.717) is 5.13 Å². The standard InChI is InChI=1S/C10H5ClN6O2S2/c11-7-6(17(18)19)8(13-4-12-7)14-10-16-15-9(21-10)5-2-1-3-20-5/h1-4H,(H,12,13,14,16). The first-order chi connectivity index (χ1) is 10.1.